The Morgan fingerprint density at radius 3 is 2.41 bits per heavy atom. The Balaban J connectivity index is 1.83. The summed E-state index contributed by atoms with van der Waals surface area (Å²) >= 11 is 3.54. The summed E-state index contributed by atoms with van der Waals surface area (Å²) in [6.45, 7) is 2.00. The quantitative estimate of drug-likeness (QED) is 0.403. The molecule has 1 amide bonds. The second-order valence-electron chi connectivity index (χ2n) is 6.72. The van der Waals surface area contributed by atoms with E-state index in [4.69, 9.17) is 9.72 Å². The highest BCUT2D eigenvalue weighted by atomic mass is 79.9. The maximum atomic E-state index is 13.2. The van der Waals surface area contributed by atoms with E-state index in [1.165, 1.54) is 0 Å². The number of rotatable bonds is 4. The van der Waals surface area contributed by atoms with Crippen LogP contribution in [0, 0.1) is 6.92 Å². The van der Waals surface area contributed by atoms with Crippen molar-refractivity contribution in [1.29, 1.82) is 0 Å². The van der Waals surface area contributed by atoms with E-state index in [0.29, 0.717) is 11.3 Å². The maximum Gasteiger partial charge on any atom is 0.256 e. The van der Waals surface area contributed by atoms with Gasteiger partial charge in [-0.25, -0.2) is 4.98 Å². The first-order chi connectivity index (χ1) is 14.0. The number of aryl methyl sites for hydroxylation is 1. The second kappa shape index (κ2) is 8.05. The number of nitrogens with one attached hydrogen (secondary N) is 1. The van der Waals surface area contributed by atoms with Crippen molar-refractivity contribution in [2.24, 2.45) is 0 Å². The van der Waals surface area contributed by atoms with Gasteiger partial charge in [0.1, 0.15) is 5.75 Å². The van der Waals surface area contributed by atoms with E-state index in [-0.39, 0.29) is 5.91 Å². The van der Waals surface area contributed by atoms with Crippen LogP contribution in [0.3, 0.4) is 0 Å². The zero-order valence-electron chi connectivity index (χ0n) is 16.1. The molecule has 1 N–H and O–H groups in total. The fraction of sp³-hybridized carbons (Fsp3) is 0.0833. The number of amides is 1. The molecule has 0 aliphatic rings. The number of pyridine rings is 1. The number of benzene rings is 3. The van der Waals surface area contributed by atoms with Gasteiger partial charge in [-0.3, -0.25) is 4.79 Å². The number of fused-ring (bicyclic) bond motifs is 1. The van der Waals surface area contributed by atoms with E-state index in [0.717, 1.165) is 37.9 Å². The number of aromatic nitrogens is 1. The molecule has 29 heavy (non-hydrogen) atoms. The van der Waals surface area contributed by atoms with Gasteiger partial charge in [0, 0.05) is 21.1 Å². The maximum absolute atomic E-state index is 13.2. The third kappa shape index (κ3) is 4.00. The molecular formula is C24H19BrN2O2. The molecule has 0 fully saturated rings. The van der Waals surface area contributed by atoms with Gasteiger partial charge in [0.2, 0.25) is 0 Å². The largest absolute Gasteiger partial charge is 0.497 e. The summed E-state index contributed by atoms with van der Waals surface area (Å²) in [5.74, 6) is 0.556. The lowest BCUT2D eigenvalue weighted by molar-refractivity contribution is 0.102. The fourth-order valence-corrected chi connectivity index (χ4v) is 3.85. The van der Waals surface area contributed by atoms with Crippen molar-refractivity contribution in [1.82, 2.24) is 4.98 Å². The van der Waals surface area contributed by atoms with E-state index >= 15 is 0 Å². The SMILES string of the molecule is COc1ccc(NC(=O)c2cc(-c3ccccc3)nc3c(C)cc(Br)cc23)cc1. The van der Waals surface area contributed by atoms with Crippen LogP contribution in [-0.2, 0) is 0 Å². The van der Waals surface area contributed by atoms with Gasteiger partial charge >= 0.3 is 0 Å². The monoisotopic (exact) mass is 446 g/mol. The molecule has 0 aliphatic heterocycles. The Morgan fingerprint density at radius 2 is 1.72 bits per heavy atom. The Morgan fingerprint density at radius 1 is 1.00 bits per heavy atom. The van der Waals surface area contributed by atoms with Crippen LogP contribution in [0.1, 0.15) is 15.9 Å². The number of hydrogen-bond acceptors (Lipinski definition) is 3. The van der Waals surface area contributed by atoms with Crippen molar-refractivity contribution in [2.45, 2.75) is 6.92 Å². The smallest absolute Gasteiger partial charge is 0.256 e. The van der Waals surface area contributed by atoms with Gasteiger partial charge in [-0.15, -0.1) is 0 Å². The van der Waals surface area contributed by atoms with E-state index in [1.54, 1.807) is 7.11 Å². The molecule has 0 spiro atoms. The summed E-state index contributed by atoms with van der Waals surface area (Å²) in [4.78, 5) is 18.0. The van der Waals surface area contributed by atoms with E-state index in [9.17, 15) is 4.79 Å². The lowest BCUT2D eigenvalue weighted by Crippen LogP contribution is -2.13. The van der Waals surface area contributed by atoms with Gasteiger partial charge in [-0.1, -0.05) is 46.3 Å². The van der Waals surface area contributed by atoms with E-state index in [1.807, 2.05) is 79.7 Å². The van der Waals surface area contributed by atoms with Gasteiger partial charge in [0.15, 0.2) is 0 Å². The number of ether oxygens (including phenoxy) is 1. The molecule has 0 saturated carbocycles. The molecule has 0 aliphatic carbocycles. The van der Waals surface area contributed by atoms with Crippen molar-refractivity contribution < 1.29 is 9.53 Å². The van der Waals surface area contributed by atoms with Crippen molar-refractivity contribution >= 4 is 38.4 Å². The van der Waals surface area contributed by atoms with Crippen molar-refractivity contribution in [2.75, 3.05) is 12.4 Å². The minimum Gasteiger partial charge on any atom is -0.497 e. The molecule has 5 heteroatoms. The number of hydrogen-bond donors (Lipinski definition) is 1. The zero-order chi connectivity index (χ0) is 20.4. The topological polar surface area (TPSA) is 51.2 Å². The highest BCUT2D eigenvalue weighted by molar-refractivity contribution is 9.10. The number of anilines is 1. The third-order valence-electron chi connectivity index (χ3n) is 4.73. The first-order valence-electron chi connectivity index (χ1n) is 9.17. The number of methoxy groups -OCH3 is 1. The summed E-state index contributed by atoms with van der Waals surface area (Å²) in [6, 6.07) is 22.9. The second-order valence-corrected chi connectivity index (χ2v) is 7.64. The summed E-state index contributed by atoms with van der Waals surface area (Å²) < 4.78 is 6.09. The summed E-state index contributed by atoms with van der Waals surface area (Å²) in [6.07, 6.45) is 0. The van der Waals surface area contributed by atoms with E-state index < -0.39 is 0 Å². The summed E-state index contributed by atoms with van der Waals surface area (Å²) in [5, 5.41) is 3.79. The predicted molar refractivity (Wildman–Crippen MR) is 121 cm³/mol. The number of carbonyl (C=O) groups is 1. The van der Waals surface area contributed by atoms with Crippen LogP contribution in [0.5, 0.6) is 5.75 Å². The average Bonchev–Trinajstić information content (AvgIpc) is 2.74. The van der Waals surface area contributed by atoms with Crippen LogP contribution >= 0.6 is 15.9 Å². The van der Waals surface area contributed by atoms with Crippen LogP contribution < -0.4 is 10.1 Å². The van der Waals surface area contributed by atoms with Gasteiger partial charge in [-0.2, -0.15) is 0 Å². The summed E-state index contributed by atoms with van der Waals surface area (Å²) in [7, 11) is 1.61. The molecule has 4 aromatic rings. The molecule has 1 heterocycles. The molecular weight excluding hydrogens is 428 g/mol. The van der Waals surface area contributed by atoms with Crippen LogP contribution in [0.2, 0.25) is 0 Å². The highest BCUT2D eigenvalue weighted by Gasteiger charge is 2.16. The van der Waals surface area contributed by atoms with E-state index in [2.05, 4.69) is 21.2 Å². The highest BCUT2D eigenvalue weighted by Crippen LogP contribution is 2.30. The predicted octanol–water partition coefficient (Wildman–Crippen LogP) is 6.23. The third-order valence-corrected chi connectivity index (χ3v) is 5.19. The zero-order valence-corrected chi connectivity index (χ0v) is 17.7. The molecule has 144 valence electrons. The molecule has 0 atom stereocenters. The lowest BCUT2D eigenvalue weighted by Gasteiger charge is -2.13. The first kappa shape index (κ1) is 19.2. The van der Waals surface area contributed by atoms with Crippen LogP contribution in [0.15, 0.2) is 77.3 Å². The number of halogens is 1. The number of carbonyl (C=O) groups excluding carboxylic acids is 1. The van der Waals surface area contributed by atoms with Crippen LogP contribution in [0.25, 0.3) is 22.2 Å². The van der Waals surface area contributed by atoms with Crippen LogP contribution in [-0.4, -0.2) is 18.0 Å². The summed E-state index contributed by atoms with van der Waals surface area (Å²) in [5.41, 5.74) is 4.83. The van der Waals surface area contributed by atoms with Gasteiger partial charge < -0.3 is 10.1 Å². The lowest BCUT2D eigenvalue weighted by atomic mass is 10.0. The average molecular weight is 447 g/mol. The molecule has 1 aromatic heterocycles. The molecule has 0 unspecified atom stereocenters. The van der Waals surface area contributed by atoms with Gasteiger partial charge in [0.25, 0.3) is 5.91 Å². The first-order valence-corrected chi connectivity index (χ1v) is 9.96. The van der Waals surface area contributed by atoms with Crippen molar-refractivity contribution in [3.8, 4) is 17.0 Å². The molecule has 4 nitrogen and oxygen atoms in total. The Hall–Kier alpha value is -3.18. The normalized spacial score (nSPS) is 10.7. The van der Waals surface area contributed by atoms with Gasteiger partial charge in [0.05, 0.1) is 23.9 Å². The van der Waals surface area contributed by atoms with Gasteiger partial charge in [-0.05, 0) is 55.0 Å². The Kier molecular flexibility index (Phi) is 5.32. The Labute approximate surface area is 177 Å². The molecule has 3 aromatic carbocycles. The molecule has 0 radical (unpaired) electrons. The fourth-order valence-electron chi connectivity index (χ4n) is 3.27. The minimum absolute atomic E-state index is 0.183. The standard InChI is InChI=1S/C24H19BrN2O2/c1-15-12-17(25)13-20-21(24(28)26-18-8-10-19(29-2)11-9-18)14-22(27-23(15)20)16-6-4-3-5-7-16/h3-14H,1-2H3,(H,26,28). The minimum atomic E-state index is -0.183. The molecule has 0 saturated heterocycles. The van der Waals surface area contributed by atoms with Crippen molar-refractivity contribution in [3.05, 3.63) is 88.4 Å². The molecule has 4 rings (SSSR count). The van der Waals surface area contributed by atoms with Crippen molar-refractivity contribution in [3.63, 3.8) is 0 Å². The molecule has 0 bridgehead atoms. The van der Waals surface area contributed by atoms with Crippen LogP contribution in [0.4, 0.5) is 5.69 Å². The Bertz CT molecular complexity index is 1190. The number of nitrogens with zero attached hydrogens (tertiary/aromatic N) is 1.